The minimum atomic E-state index is -0.476. The molecule has 88 valence electrons. The van der Waals surface area contributed by atoms with Gasteiger partial charge in [0.1, 0.15) is 0 Å². The predicted molar refractivity (Wildman–Crippen MR) is 64.9 cm³/mol. The number of anilines is 1. The minimum absolute atomic E-state index is 0.0173. The fourth-order valence-corrected chi connectivity index (χ4v) is 1.51. The molecule has 0 aliphatic rings. The molecule has 0 heterocycles. The Morgan fingerprint density at radius 3 is 2.75 bits per heavy atom. The molecular formula is C10H14ClN3O2. The molecule has 1 rings (SSSR count). The Kier molecular flexibility index (Phi) is 4.52. The summed E-state index contributed by atoms with van der Waals surface area (Å²) in [6.07, 6.45) is 0.865. The molecule has 0 fully saturated rings. The topological polar surface area (TPSA) is 81.2 Å². The Hall–Kier alpha value is -1.33. The molecule has 0 spiro atoms. The Labute approximate surface area is 98.7 Å². The van der Waals surface area contributed by atoms with Crippen molar-refractivity contribution in [2.45, 2.75) is 19.4 Å². The van der Waals surface area contributed by atoms with E-state index in [1.165, 1.54) is 12.1 Å². The Balaban J connectivity index is 2.86. The third-order valence-corrected chi connectivity index (χ3v) is 2.61. The van der Waals surface area contributed by atoms with Crippen molar-refractivity contribution in [2.24, 2.45) is 5.73 Å². The normalized spacial score (nSPS) is 12.2. The van der Waals surface area contributed by atoms with Crippen molar-refractivity contribution < 1.29 is 4.92 Å². The van der Waals surface area contributed by atoms with Gasteiger partial charge in [-0.25, -0.2) is 0 Å². The second-order valence-corrected chi connectivity index (χ2v) is 3.81. The summed E-state index contributed by atoms with van der Waals surface area (Å²) in [5.74, 6) is 0. The van der Waals surface area contributed by atoms with Crippen molar-refractivity contribution >= 4 is 23.0 Å². The van der Waals surface area contributed by atoms with Crippen LogP contribution in [-0.2, 0) is 0 Å². The number of nitrogens with one attached hydrogen (secondary N) is 1. The fourth-order valence-electron chi connectivity index (χ4n) is 1.28. The van der Waals surface area contributed by atoms with Gasteiger partial charge in [0, 0.05) is 24.7 Å². The average molecular weight is 244 g/mol. The van der Waals surface area contributed by atoms with E-state index in [9.17, 15) is 10.1 Å². The maximum absolute atomic E-state index is 10.5. The lowest BCUT2D eigenvalue weighted by Gasteiger charge is -2.16. The molecule has 1 atom stereocenters. The molecule has 0 saturated carbocycles. The first kappa shape index (κ1) is 12.7. The summed E-state index contributed by atoms with van der Waals surface area (Å²) < 4.78 is 0. The van der Waals surface area contributed by atoms with Gasteiger partial charge in [-0.1, -0.05) is 18.5 Å². The zero-order valence-corrected chi connectivity index (χ0v) is 9.70. The minimum Gasteiger partial charge on any atom is -0.380 e. The van der Waals surface area contributed by atoms with Crippen LogP contribution in [-0.4, -0.2) is 17.5 Å². The van der Waals surface area contributed by atoms with Gasteiger partial charge in [-0.2, -0.15) is 0 Å². The number of hydrogen-bond donors (Lipinski definition) is 2. The van der Waals surface area contributed by atoms with Crippen LogP contribution in [0.1, 0.15) is 13.3 Å². The van der Waals surface area contributed by atoms with Crippen molar-refractivity contribution in [1.29, 1.82) is 0 Å². The van der Waals surface area contributed by atoms with Gasteiger partial charge in [-0.3, -0.25) is 10.1 Å². The molecular weight excluding hydrogens is 230 g/mol. The SMILES string of the molecule is CCC(CN)Nc1ccc([N+](=O)[O-])cc1Cl. The smallest absolute Gasteiger partial charge is 0.271 e. The first-order valence-corrected chi connectivity index (χ1v) is 5.36. The van der Waals surface area contributed by atoms with Crippen LogP contribution in [0.25, 0.3) is 0 Å². The molecule has 5 nitrogen and oxygen atoms in total. The highest BCUT2D eigenvalue weighted by Crippen LogP contribution is 2.27. The average Bonchev–Trinajstić information content (AvgIpc) is 2.27. The van der Waals surface area contributed by atoms with Crippen molar-refractivity contribution in [3.05, 3.63) is 33.3 Å². The van der Waals surface area contributed by atoms with Crippen LogP contribution in [0, 0.1) is 10.1 Å². The Morgan fingerprint density at radius 2 is 2.31 bits per heavy atom. The van der Waals surface area contributed by atoms with E-state index in [1.54, 1.807) is 6.07 Å². The second kappa shape index (κ2) is 5.67. The highest BCUT2D eigenvalue weighted by molar-refractivity contribution is 6.33. The number of halogens is 1. The molecule has 0 aliphatic carbocycles. The molecule has 0 bridgehead atoms. The van der Waals surface area contributed by atoms with Gasteiger partial charge in [-0.05, 0) is 12.5 Å². The summed E-state index contributed by atoms with van der Waals surface area (Å²) in [7, 11) is 0. The molecule has 3 N–H and O–H groups in total. The molecule has 1 unspecified atom stereocenters. The van der Waals surface area contributed by atoms with Gasteiger partial charge in [0.05, 0.1) is 15.6 Å². The molecule has 16 heavy (non-hydrogen) atoms. The lowest BCUT2D eigenvalue weighted by atomic mass is 10.2. The maximum atomic E-state index is 10.5. The molecule has 0 amide bonds. The first-order chi connectivity index (χ1) is 7.58. The number of nitrogens with zero attached hydrogens (tertiary/aromatic N) is 1. The van der Waals surface area contributed by atoms with Crippen molar-refractivity contribution in [3.8, 4) is 0 Å². The fraction of sp³-hybridized carbons (Fsp3) is 0.400. The lowest BCUT2D eigenvalue weighted by Crippen LogP contribution is -2.27. The summed E-state index contributed by atoms with van der Waals surface area (Å²) in [4.78, 5) is 10.0. The van der Waals surface area contributed by atoms with Gasteiger partial charge < -0.3 is 11.1 Å². The molecule has 1 aromatic carbocycles. The van der Waals surface area contributed by atoms with Crippen LogP contribution in [0.3, 0.4) is 0 Å². The number of nitro benzene ring substituents is 1. The van der Waals surface area contributed by atoms with Gasteiger partial charge in [0.15, 0.2) is 0 Å². The number of hydrogen-bond acceptors (Lipinski definition) is 4. The molecule has 6 heteroatoms. The zero-order chi connectivity index (χ0) is 12.1. The van der Waals surface area contributed by atoms with E-state index in [1.807, 2.05) is 6.92 Å². The lowest BCUT2D eigenvalue weighted by molar-refractivity contribution is -0.384. The van der Waals surface area contributed by atoms with Crippen LogP contribution in [0.5, 0.6) is 0 Å². The predicted octanol–water partition coefficient (Wildman–Crippen LogP) is 2.40. The zero-order valence-electron chi connectivity index (χ0n) is 8.94. The number of nitrogens with two attached hydrogens (primary N) is 1. The van der Waals surface area contributed by atoms with E-state index >= 15 is 0 Å². The van der Waals surface area contributed by atoms with E-state index in [-0.39, 0.29) is 11.7 Å². The summed E-state index contributed by atoms with van der Waals surface area (Å²) in [5.41, 5.74) is 6.20. The summed E-state index contributed by atoms with van der Waals surface area (Å²) in [6.45, 7) is 2.49. The number of benzene rings is 1. The van der Waals surface area contributed by atoms with E-state index in [0.717, 1.165) is 6.42 Å². The van der Waals surface area contributed by atoms with E-state index in [2.05, 4.69) is 5.32 Å². The summed E-state index contributed by atoms with van der Waals surface area (Å²) in [6, 6.07) is 4.46. The van der Waals surface area contributed by atoms with Crippen molar-refractivity contribution in [1.82, 2.24) is 0 Å². The van der Waals surface area contributed by atoms with Crippen molar-refractivity contribution in [2.75, 3.05) is 11.9 Å². The summed E-state index contributed by atoms with van der Waals surface area (Å²) in [5, 5.41) is 14.0. The molecule has 1 aromatic rings. The van der Waals surface area contributed by atoms with E-state index < -0.39 is 4.92 Å². The Bertz CT molecular complexity index is 380. The highest BCUT2D eigenvalue weighted by Gasteiger charge is 2.11. The quantitative estimate of drug-likeness (QED) is 0.615. The number of rotatable bonds is 5. The van der Waals surface area contributed by atoms with Gasteiger partial charge >= 0.3 is 0 Å². The van der Waals surface area contributed by atoms with Crippen LogP contribution in [0.2, 0.25) is 5.02 Å². The molecule has 0 aromatic heterocycles. The number of non-ortho nitro benzene ring substituents is 1. The van der Waals surface area contributed by atoms with E-state index in [0.29, 0.717) is 17.3 Å². The third-order valence-electron chi connectivity index (χ3n) is 2.30. The van der Waals surface area contributed by atoms with Crippen molar-refractivity contribution in [3.63, 3.8) is 0 Å². The summed E-state index contributed by atoms with van der Waals surface area (Å²) >= 11 is 5.92. The molecule has 0 radical (unpaired) electrons. The number of nitro groups is 1. The monoisotopic (exact) mass is 243 g/mol. The first-order valence-electron chi connectivity index (χ1n) is 4.99. The second-order valence-electron chi connectivity index (χ2n) is 3.41. The van der Waals surface area contributed by atoms with Gasteiger partial charge in [-0.15, -0.1) is 0 Å². The standard InChI is InChI=1S/C10H14ClN3O2/c1-2-7(6-12)13-10-4-3-8(14(15)16)5-9(10)11/h3-5,7,13H,2,6,12H2,1H3. The van der Waals surface area contributed by atoms with E-state index in [4.69, 9.17) is 17.3 Å². The van der Waals surface area contributed by atoms with Crippen LogP contribution in [0.4, 0.5) is 11.4 Å². The van der Waals surface area contributed by atoms with Gasteiger partial charge in [0.2, 0.25) is 0 Å². The van der Waals surface area contributed by atoms with Crippen LogP contribution < -0.4 is 11.1 Å². The maximum Gasteiger partial charge on any atom is 0.271 e. The Morgan fingerprint density at radius 1 is 1.62 bits per heavy atom. The van der Waals surface area contributed by atoms with Crippen LogP contribution in [0.15, 0.2) is 18.2 Å². The highest BCUT2D eigenvalue weighted by atomic mass is 35.5. The molecule has 0 aliphatic heterocycles. The largest absolute Gasteiger partial charge is 0.380 e. The molecule has 0 saturated heterocycles. The van der Waals surface area contributed by atoms with Crippen LogP contribution >= 0.6 is 11.6 Å². The van der Waals surface area contributed by atoms with Gasteiger partial charge in [0.25, 0.3) is 5.69 Å². The third kappa shape index (κ3) is 3.08.